The summed E-state index contributed by atoms with van der Waals surface area (Å²) in [5.41, 5.74) is 5.98. The molecule has 0 amide bonds. The summed E-state index contributed by atoms with van der Waals surface area (Å²) in [7, 11) is 0. The van der Waals surface area contributed by atoms with E-state index in [1.807, 2.05) is 0 Å². The number of hydrogen-bond donors (Lipinski definition) is 1. The standard InChI is InChI=1S/C12H25N3/c1-9-7-6-8-10(2)15(9)14-11(13)12(3,4)5/h9-10H,6-8H2,1-5H3,(H2,13,14). The average molecular weight is 211 g/mol. The van der Waals surface area contributed by atoms with Gasteiger partial charge < -0.3 is 5.73 Å². The fourth-order valence-corrected chi connectivity index (χ4v) is 1.88. The number of amidine groups is 1. The Labute approximate surface area is 93.7 Å². The summed E-state index contributed by atoms with van der Waals surface area (Å²) in [6, 6.07) is 1.05. The molecule has 0 spiro atoms. The highest BCUT2D eigenvalue weighted by atomic mass is 15.5. The number of hydrazone groups is 1. The molecular formula is C12H25N3. The van der Waals surface area contributed by atoms with Crippen LogP contribution in [-0.2, 0) is 0 Å². The molecule has 2 atom stereocenters. The van der Waals surface area contributed by atoms with Crippen LogP contribution in [0.1, 0.15) is 53.9 Å². The lowest BCUT2D eigenvalue weighted by Gasteiger charge is -2.37. The molecular weight excluding hydrogens is 186 g/mol. The van der Waals surface area contributed by atoms with Gasteiger partial charge in [-0.05, 0) is 33.1 Å². The first kappa shape index (κ1) is 12.3. The Morgan fingerprint density at radius 1 is 1.20 bits per heavy atom. The van der Waals surface area contributed by atoms with Crippen molar-refractivity contribution < 1.29 is 0 Å². The minimum absolute atomic E-state index is 0.0309. The van der Waals surface area contributed by atoms with Gasteiger partial charge >= 0.3 is 0 Å². The van der Waals surface area contributed by atoms with Crippen LogP contribution < -0.4 is 5.73 Å². The predicted octanol–water partition coefficient (Wildman–Crippen LogP) is 2.57. The molecule has 1 heterocycles. The Balaban J connectivity index is 2.77. The first-order valence-electron chi connectivity index (χ1n) is 5.95. The summed E-state index contributed by atoms with van der Waals surface area (Å²) in [6.07, 6.45) is 3.76. The van der Waals surface area contributed by atoms with Crippen molar-refractivity contribution in [1.82, 2.24) is 5.01 Å². The maximum atomic E-state index is 6.01. The van der Waals surface area contributed by atoms with Crippen LogP contribution in [0.25, 0.3) is 0 Å². The van der Waals surface area contributed by atoms with Gasteiger partial charge in [0.15, 0.2) is 0 Å². The highest BCUT2D eigenvalue weighted by Crippen LogP contribution is 2.24. The van der Waals surface area contributed by atoms with E-state index in [1.54, 1.807) is 0 Å². The van der Waals surface area contributed by atoms with Crippen molar-refractivity contribution >= 4 is 5.84 Å². The van der Waals surface area contributed by atoms with Gasteiger partial charge in [0.25, 0.3) is 0 Å². The third kappa shape index (κ3) is 3.11. The number of rotatable bonds is 1. The van der Waals surface area contributed by atoms with Gasteiger partial charge in [0, 0.05) is 17.5 Å². The molecule has 2 unspecified atom stereocenters. The molecule has 1 aliphatic rings. The summed E-state index contributed by atoms with van der Waals surface area (Å²) in [4.78, 5) is 0. The molecule has 0 bridgehead atoms. The Morgan fingerprint density at radius 3 is 2.07 bits per heavy atom. The Kier molecular flexibility index (Phi) is 3.63. The quantitative estimate of drug-likeness (QED) is 0.535. The maximum absolute atomic E-state index is 6.01. The first-order valence-corrected chi connectivity index (χ1v) is 5.95. The van der Waals surface area contributed by atoms with Crippen molar-refractivity contribution in [2.24, 2.45) is 16.3 Å². The zero-order valence-electron chi connectivity index (χ0n) is 10.7. The number of hydrogen-bond acceptors (Lipinski definition) is 2. The Bertz CT molecular complexity index is 230. The molecule has 3 nitrogen and oxygen atoms in total. The summed E-state index contributed by atoms with van der Waals surface area (Å²) in [6.45, 7) is 10.8. The van der Waals surface area contributed by atoms with Gasteiger partial charge in [0.1, 0.15) is 5.84 Å². The lowest BCUT2D eigenvalue weighted by molar-refractivity contribution is 0.107. The van der Waals surface area contributed by atoms with E-state index in [1.165, 1.54) is 19.3 Å². The molecule has 0 radical (unpaired) electrons. The van der Waals surface area contributed by atoms with Crippen LogP contribution in [0.2, 0.25) is 0 Å². The predicted molar refractivity (Wildman–Crippen MR) is 65.7 cm³/mol. The fourth-order valence-electron chi connectivity index (χ4n) is 1.88. The van der Waals surface area contributed by atoms with Gasteiger partial charge in [-0.2, -0.15) is 5.10 Å². The van der Waals surface area contributed by atoms with Crippen LogP contribution >= 0.6 is 0 Å². The molecule has 1 rings (SSSR count). The van der Waals surface area contributed by atoms with E-state index in [0.29, 0.717) is 12.1 Å². The van der Waals surface area contributed by atoms with Crippen LogP contribution in [0.5, 0.6) is 0 Å². The summed E-state index contributed by atoms with van der Waals surface area (Å²) in [5.74, 6) is 0.739. The van der Waals surface area contributed by atoms with E-state index in [0.717, 1.165) is 5.84 Å². The lowest BCUT2D eigenvalue weighted by atomic mass is 9.95. The van der Waals surface area contributed by atoms with E-state index in [9.17, 15) is 0 Å². The summed E-state index contributed by atoms with van der Waals surface area (Å²) in [5, 5.41) is 6.78. The van der Waals surface area contributed by atoms with E-state index < -0.39 is 0 Å². The largest absolute Gasteiger partial charge is 0.385 e. The minimum atomic E-state index is -0.0309. The van der Waals surface area contributed by atoms with Gasteiger partial charge in [-0.3, -0.25) is 5.01 Å². The average Bonchev–Trinajstić information content (AvgIpc) is 2.09. The first-order chi connectivity index (χ1) is 6.82. The van der Waals surface area contributed by atoms with Gasteiger partial charge in [-0.1, -0.05) is 20.8 Å². The number of nitrogens with zero attached hydrogens (tertiary/aromatic N) is 2. The van der Waals surface area contributed by atoms with Gasteiger partial charge in [-0.25, -0.2) is 0 Å². The van der Waals surface area contributed by atoms with Crippen molar-refractivity contribution in [2.75, 3.05) is 0 Å². The van der Waals surface area contributed by atoms with Crippen molar-refractivity contribution in [1.29, 1.82) is 0 Å². The SMILES string of the molecule is CC1CCCC(C)N1/N=C(\N)C(C)(C)C. The van der Waals surface area contributed by atoms with Crippen LogP contribution in [0, 0.1) is 5.41 Å². The van der Waals surface area contributed by atoms with Gasteiger partial charge in [0.2, 0.25) is 0 Å². The second-order valence-electron chi connectivity index (χ2n) is 5.74. The zero-order valence-corrected chi connectivity index (χ0v) is 10.7. The molecule has 1 saturated heterocycles. The molecule has 0 aromatic carbocycles. The molecule has 88 valence electrons. The van der Waals surface area contributed by atoms with Crippen molar-refractivity contribution in [3.63, 3.8) is 0 Å². The number of nitrogens with two attached hydrogens (primary N) is 1. The molecule has 1 fully saturated rings. The van der Waals surface area contributed by atoms with Crippen LogP contribution in [0.4, 0.5) is 0 Å². The normalized spacial score (nSPS) is 29.4. The van der Waals surface area contributed by atoms with Crippen LogP contribution in [0.3, 0.4) is 0 Å². The summed E-state index contributed by atoms with van der Waals surface area (Å²) < 4.78 is 0. The maximum Gasteiger partial charge on any atom is 0.125 e. The van der Waals surface area contributed by atoms with Crippen LogP contribution in [-0.4, -0.2) is 22.9 Å². The molecule has 0 aliphatic carbocycles. The summed E-state index contributed by atoms with van der Waals surface area (Å²) >= 11 is 0. The van der Waals surface area contributed by atoms with Crippen LogP contribution in [0.15, 0.2) is 5.10 Å². The lowest BCUT2D eigenvalue weighted by Crippen LogP contribution is -2.43. The minimum Gasteiger partial charge on any atom is -0.385 e. The molecule has 0 aromatic heterocycles. The van der Waals surface area contributed by atoms with E-state index in [4.69, 9.17) is 5.73 Å². The highest BCUT2D eigenvalue weighted by Gasteiger charge is 2.25. The van der Waals surface area contributed by atoms with Crippen molar-refractivity contribution in [2.45, 2.75) is 66.0 Å². The zero-order chi connectivity index (χ0) is 11.6. The second-order valence-corrected chi connectivity index (χ2v) is 5.74. The van der Waals surface area contributed by atoms with E-state index >= 15 is 0 Å². The molecule has 2 N–H and O–H groups in total. The fraction of sp³-hybridized carbons (Fsp3) is 0.917. The third-order valence-corrected chi connectivity index (χ3v) is 3.14. The number of piperidine rings is 1. The Morgan fingerprint density at radius 2 is 1.67 bits per heavy atom. The monoisotopic (exact) mass is 211 g/mol. The van der Waals surface area contributed by atoms with Gasteiger partial charge in [0.05, 0.1) is 0 Å². The molecule has 0 saturated carbocycles. The second kappa shape index (κ2) is 4.42. The smallest absolute Gasteiger partial charge is 0.125 e. The van der Waals surface area contributed by atoms with Crippen molar-refractivity contribution in [3.05, 3.63) is 0 Å². The van der Waals surface area contributed by atoms with Gasteiger partial charge in [-0.15, -0.1) is 0 Å². The highest BCUT2D eigenvalue weighted by molar-refractivity contribution is 5.85. The molecule has 3 heteroatoms. The molecule has 1 aliphatic heterocycles. The molecule has 0 aromatic rings. The van der Waals surface area contributed by atoms with Crippen molar-refractivity contribution in [3.8, 4) is 0 Å². The van der Waals surface area contributed by atoms with E-state index in [2.05, 4.69) is 44.7 Å². The third-order valence-electron chi connectivity index (χ3n) is 3.14. The molecule has 15 heavy (non-hydrogen) atoms. The Hall–Kier alpha value is -0.730. The topological polar surface area (TPSA) is 41.6 Å². The van der Waals surface area contributed by atoms with E-state index in [-0.39, 0.29) is 5.41 Å².